The summed E-state index contributed by atoms with van der Waals surface area (Å²) in [5.41, 5.74) is 8.72. The van der Waals surface area contributed by atoms with Crippen molar-refractivity contribution in [1.82, 2.24) is 4.90 Å². The summed E-state index contributed by atoms with van der Waals surface area (Å²) in [7, 11) is 1.57. The SMILES string of the molecule is COc1ccc(N2C(=O)CN(C3CCc4cc(/C=C/C(N)=O)ccc43)C2=O)cc1. The zero-order chi connectivity index (χ0) is 20.5. The summed E-state index contributed by atoms with van der Waals surface area (Å²) in [6, 6.07) is 12.3. The van der Waals surface area contributed by atoms with Gasteiger partial charge in [0.05, 0.1) is 18.8 Å². The molecule has 1 atom stereocenters. The number of urea groups is 1. The Morgan fingerprint density at radius 3 is 2.62 bits per heavy atom. The second kappa shape index (κ2) is 7.43. The maximum atomic E-state index is 13.0. The number of primary amides is 1. The van der Waals surface area contributed by atoms with Crippen LogP contribution in [0.3, 0.4) is 0 Å². The first-order valence-corrected chi connectivity index (χ1v) is 9.36. The van der Waals surface area contributed by atoms with E-state index in [1.807, 2.05) is 18.2 Å². The maximum Gasteiger partial charge on any atom is 0.332 e. The highest BCUT2D eigenvalue weighted by Gasteiger charge is 2.42. The molecule has 1 aliphatic heterocycles. The molecule has 2 aromatic rings. The first-order chi connectivity index (χ1) is 14.0. The molecule has 0 radical (unpaired) electrons. The summed E-state index contributed by atoms with van der Waals surface area (Å²) in [6.07, 6.45) is 4.56. The molecule has 1 saturated heterocycles. The molecule has 2 aromatic carbocycles. The van der Waals surface area contributed by atoms with Gasteiger partial charge >= 0.3 is 6.03 Å². The van der Waals surface area contributed by atoms with Crippen molar-refractivity contribution < 1.29 is 19.1 Å². The van der Waals surface area contributed by atoms with Crippen LogP contribution >= 0.6 is 0 Å². The molecule has 1 heterocycles. The number of carbonyl (C=O) groups excluding carboxylic acids is 3. The van der Waals surface area contributed by atoms with E-state index in [9.17, 15) is 14.4 Å². The molecule has 29 heavy (non-hydrogen) atoms. The van der Waals surface area contributed by atoms with Crippen LogP contribution in [0.15, 0.2) is 48.5 Å². The molecule has 0 saturated carbocycles. The fourth-order valence-electron chi connectivity index (χ4n) is 3.97. The number of methoxy groups -OCH3 is 1. The van der Waals surface area contributed by atoms with Crippen molar-refractivity contribution in [3.63, 3.8) is 0 Å². The Bertz CT molecular complexity index is 1010. The smallest absolute Gasteiger partial charge is 0.332 e. The number of rotatable bonds is 5. The number of nitrogens with two attached hydrogens (primary N) is 1. The fraction of sp³-hybridized carbons (Fsp3) is 0.227. The summed E-state index contributed by atoms with van der Waals surface area (Å²) in [4.78, 5) is 39.4. The standard InChI is InChI=1S/C22H21N3O4/c1-29-17-7-5-16(6-8-17)25-21(27)13-24(22(25)28)19-10-4-15-12-14(2-9-18(15)19)3-11-20(23)26/h2-3,5-9,11-12,19H,4,10,13H2,1H3,(H2,23,26)/b11-3+. The highest BCUT2D eigenvalue weighted by Crippen LogP contribution is 2.39. The van der Waals surface area contributed by atoms with Crippen molar-refractivity contribution in [3.05, 3.63) is 65.2 Å². The Hall–Kier alpha value is -3.61. The van der Waals surface area contributed by atoms with E-state index in [0.717, 1.165) is 29.5 Å². The van der Waals surface area contributed by atoms with Gasteiger partial charge in [-0.25, -0.2) is 9.69 Å². The third kappa shape index (κ3) is 3.47. The van der Waals surface area contributed by atoms with Crippen LogP contribution in [-0.4, -0.2) is 36.4 Å². The molecule has 0 bridgehead atoms. The topological polar surface area (TPSA) is 92.9 Å². The molecule has 2 N–H and O–H groups in total. The summed E-state index contributed by atoms with van der Waals surface area (Å²) < 4.78 is 5.14. The average molecular weight is 391 g/mol. The molecule has 4 amide bonds. The number of nitrogens with zero attached hydrogens (tertiary/aromatic N) is 2. The van der Waals surface area contributed by atoms with Crippen LogP contribution in [0.1, 0.15) is 29.2 Å². The number of ether oxygens (including phenoxy) is 1. The lowest BCUT2D eigenvalue weighted by Gasteiger charge is -2.24. The minimum absolute atomic E-state index is 0.0539. The number of aryl methyl sites for hydroxylation is 1. The summed E-state index contributed by atoms with van der Waals surface area (Å²) >= 11 is 0. The van der Waals surface area contributed by atoms with Gasteiger partial charge in [0.1, 0.15) is 12.3 Å². The predicted octanol–water partition coefficient (Wildman–Crippen LogP) is 2.65. The van der Waals surface area contributed by atoms with Gasteiger partial charge < -0.3 is 15.4 Å². The Kier molecular flexibility index (Phi) is 4.80. The maximum absolute atomic E-state index is 13.0. The Labute approximate surface area is 168 Å². The molecule has 1 fully saturated rings. The Morgan fingerprint density at radius 1 is 1.17 bits per heavy atom. The molecule has 7 nitrogen and oxygen atoms in total. The van der Waals surface area contributed by atoms with Gasteiger partial charge in [0.2, 0.25) is 5.91 Å². The monoisotopic (exact) mass is 391 g/mol. The molecule has 0 aromatic heterocycles. The van der Waals surface area contributed by atoms with Crippen LogP contribution in [0, 0.1) is 0 Å². The van der Waals surface area contributed by atoms with Crippen LogP contribution in [0.4, 0.5) is 10.5 Å². The largest absolute Gasteiger partial charge is 0.497 e. The summed E-state index contributed by atoms with van der Waals surface area (Å²) in [6.45, 7) is 0.0539. The molecule has 1 aliphatic carbocycles. The number of benzene rings is 2. The normalized spacial score (nSPS) is 18.6. The lowest BCUT2D eigenvalue weighted by atomic mass is 10.0. The number of hydrogen-bond acceptors (Lipinski definition) is 4. The first kappa shape index (κ1) is 18.7. The van der Waals surface area contributed by atoms with Gasteiger partial charge in [-0.05, 0) is 59.9 Å². The van der Waals surface area contributed by atoms with Gasteiger partial charge in [-0.2, -0.15) is 0 Å². The van der Waals surface area contributed by atoms with E-state index >= 15 is 0 Å². The molecule has 148 valence electrons. The van der Waals surface area contributed by atoms with Crippen molar-refractivity contribution in [2.75, 3.05) is 18.6 Å². The van der Waals surface area contributed by atoms with Crippen molar-refractivity contribution in [2.45, 2.75) is 18.9 Å². The first-order valence-electron chi connectivity index (χ1n) is 9.36. The molecule has 2 aliphatic rings. The molecular formula is C22H21N3O4. The van der Waals surface area contributed by atoms with Crippen molar-refractivity contribution in [1.29, 1.82) is 0 Å². The highest BCUT2D eigenvalue weighted by atomic mass is 16.5. The number of carbonyl (C=O) groups is 3. The van der Waals surface area contributed by atoms with Gasteiger partial charge in [0, 0.05) is 6.08 Å². The third-order valence-electron chi connectivity index (χ3n) is 5.35. The van der Waals surface area contributed by atoms with Crippen LogP contribution in [0.2, 0.25) is 0 Å². The predicted molar refractivity (Wildman–Crippen MR) is 108 cm³/mol. The van der Waals surface area contributed by atoms with E-state index in [1.54, 1.807) is 42.4 Å². The van der Waals surface area contributed by atoms with Gasteiger partial charge in [0.15, 0.2) is 0 Å². The van der Waals surface area contributed by atoms with E-state index < -0.39 is 5.91 Å². The molecule has 0 spiro atoms. The van der Waals surface area contributed by atoms with Crippen LogP contribution in [0.5, 0.6) is 5.75 Å². The van der Waals surface area contributed by atoms with Gasteiger partial charge in [0.25, 0.3) is 5.91 Å². The molecule has 1 unspecified atom stereocenters. The van der Waals surface area contributed by atoms with E-state index in [0.29, 0.717) is 11.4 Å². The highest BCUT2D eigenvalue weighted by molar-refractivity contribution is 6.20. The van der Waals surface area contributed by atoms with Crippen LogP contribution < -0.4 is 15.4 Å². The zero-order valence-electron chi connectivity index (χ0n) is 16.0. The summed E-state index contributed by atoms with van der Waals surface area (Å²) in [5, 5.41) is 0. The summed E-state index contributed by atoms with van der Waals surface area (Å²) in [5.74, 6) is -0.0755. The second-order valence-corrected chi connectivity index (χ2v) is 7.09. The number of hydrogen-bond donors (Lipinski definition) is 1. The molecule has 7 heteroatoms. The number of anilines is 1. The number of amides is 4. The van der Waals surface area contributed by atoms with E-state index in [2.05, 4.69) is 0 Å². The lowest BCUT2D eigenvalue weighted by Crippen LogP contribution is -2.34. The van der Waals surface area contributed by atoms with Gasteiger partial charge in [-0.1, -0.05) is 18.2 Å². The van der Waals surface area contributed by atoms with Crippen molar-refractivity contribution in [2.24, 2.45) is 5.73 Å². The van der Waals surface area contributed by atoms with E-state index in [4.69, 9.17) is 10.5 Å². The van der Waals surface area contributed by atoms with Gasteiger partial charge in [-0.15, -0.1) is 0 Å². The number of fused-ring (bicyclic) bond motifs is 1. The molecular weight excluding hydrogens is 370 g/mol. The second-order valence-electron chi connectivity index (χ2n) is 7.09. The van der Waals surface area contributed by atoms with Crippen LogP contribution in [0.25, 0.3) is 6.08 Å². The molecule has 4 rings (SSSR count). The minimum atomic E-state index is -0.497. The van der Waals surface area contributed by atoms with Crippen molar-refractivity contribution >= 4 is 29.6 Å². The number of imide groups is 1. The van der Waals surface area contributed by atoms with E-state index in [-0.39, 0.29) is 24.5 Å². The van der Waals surface area contributed by atoms with Crippen LogP contribution in [-0.2, 0) is 16.0 Å². The Morgan fingerprint density at radius 2 is 1.93 bits per heavy atom. The minimum Gasteiger partial charge on any atom is -0.497 e. The lowest BCUT2D eigenvalue weighted by molar-refractivity contribution is -0.117. The van der Waals surface area contributed by atoms with E-state index in [1.165, 1.54) is 11.0 Å². The van der Waals surface area contributed by atoms with Crippen molar-refractivity contribution in [3.8, 4) is 5.75 Å². The quantitative estimate of drug-likeness (QED) is 0.626. The average Bonchev–Trinajstić information content (AvgIpc) is 3.26. The fourth-order valence-corrected chi connectivity index (χ4v) is 3.97. The Balaban J connectivity index is 1.57. The van der Waals surface area contributed by atoms with Gasteiger partial charge in [-0.3, -0.25) is 9.59 Å². The third-order valence-corrected chi connectivity index (χ3v) is 5.35. The zero-order valence-corrected chi connectivity index (χ0v) is 16.0.